The van der Waals surface area contributed by atoms with Crippen LogP contribution in [0.25, 0.3) is 17.4 Å². The summed E-state index contributed by atoms with van der Waals surface area (Å²) in [5, 5.41) is 11.2. The summed E-state index contributed by atoms with van der Waals surface area (Å²) in [6.45, 7) is 3.86. The van der Waals surface area contributed by atoms with Crippen LogP contribution in [0.4, 0.5) is 10.1 Å². The van der Waals surface area contributed by atoms with Crippen molar-refractivity contribution >= 4 is 29.1 Å². The van der Waals surface area contributed by atoms with Crippen molar-refractivity contribution in [3.63, 3.8) is 0 Å². The smallest absolute Gasteiger partial charge is 0.338 e. The Morgan fingerprint density at radius 3 is 2.74 bits per heavy atom. The molecule has 5 rings (SSSR count). The molecule has 2 aromatic heterocycles. The van der Waals surface area contributed by atoms with E-state index in [0.717, 1.165) is 29.9 Å². The molecule has 0 amide bonds. The number of nitro groups is 1. The standard InChI is InChI=1S/C30H26FN3O7S/c1-4-7-22-26(29(36)40-5-2)27(18-8-6-9-19(14-18)39-3)33-28(35)25(42-30(33)32-22)16-20-11-13-24(41-20)17-10-12-21(31)23(15-17)34(37)38/h6,8-16,27H,4-5,7H2,1-3H3/b25-16-/t27-/m0/s1. The fourth-order valence-electron chi connectivity index (χ4n) is 4.77. The van der Waals surface area contributed by atoms with E-state index in [-0.39, 0.29) is 17.9 Å². The Hall–Kier alpha value is -4.84. The molecule has 0 spiro atoms. The topological polar surface area (TPSA) is 126 Å². The molecule has 4 aromatic rings. The summed E-state index contributed by atoms with van der Waals surface area (Å²) in [6.07, 6.45) is 2.77. The number of hydrogen-bond donors (Lipinski definition) is 0. The highest BCUT2D eigenvalue weighted by Crippen LogP contribution is 2.34. The first kappa shape index (κ1) is 28.7. The second kappa shape index (κ2) is 12.0. The molecule has 0 radical (unpaired) electrons. The van der Waals surface area contributed by atoms with E-state index >= 15 is 0 Å². The van der Waals surface area contributed by atoms with Crippen LogP contribution < -0.4 is 19.6 Å². The lowest BCUT2D eigenvalue weighted by Crippen LogP contribution is -2.40. The maximum atomic E-state index is 13.9. The molecule has 0 saturated heterocycles. The van der Waals surface area contributed by atoms with E-state index in [1.54, 1.807) is 43.3 Å². The minimum Gasteiger partial charge on any atom is -0.497 e. The molecule has 0 unspecified atom stereocenters. The molecule has 1 atom stereocenters. The average Bonchev–Trinajstić information content (AvgIpc) is 3.57. The van der Waals surface area contributed by atoms with E-state index in [4.69, 9.17) is 18.9 Å². The number of methoxy groups -OCH3 is 1. The molecule has 0 N–H and O–H groups in total. The Bertz CT molecular complexity index is 1900. The summed E-state index contributed by atoms with van der Waals surface area (Å²) >= 11 is 1.15. The van der Waals surface area contributed by atoms with E-state index < -0.39 is 28.4 Å². The van der Waals surface area contributed by atoms with Gasteiger partial charge in [-0.25, -0.2) is 9.79 Å². The Labute approximate surface area is 242 Å². The fourth-order valence-corrected chi connectivity index (χ4v) is 5.77. The number of carbonyl (C=O) groups is 1. The zero-order chi connectivity index (χ0) is 30.0. The number of aromatic nitrogens is 1. The first-order valence-corrected chi connectivity index (χ1v) is 14.0. The van der Waals surface area contributed by atoms with E-state index in [1.165, 1.54) is 17.7 Å². The molecule has 0 fully saturated rings. The van der Waals surface area contributed by atoms with Crippen LogP contribution in [0.5, 0.6) is 5.75 Å². The Balaban J connectivity index is 1.66. The molecule has 12 heteroatoms. The normalized spacial score (nSPS) is 14.9. The monoisotopic (exact) mass is 591 g/mol. The number of hydrogen-bond acceptors (Lipinski definition) is 9. The summed E-state index contributed by atoms with van der Waals surface area (Å²) in [4.78, 5) is 42.7. The van der Waals surface area contributed by atoms with Gasteiger partial charge in [0.1, 0.15) is 17.3 Å². The van der Waals surface area contributed by atoms with Gasteiger partial charge in [-0.3, -0.25) is 19.5 Å². The van der Waals surface area contributed by atoms with E-state index in [0.29, 0.717) is 49.7 Å². The van der Waals surface area contributed by atoms with Crippen molar-refractivity contribution < 1.29 is 28.0 Å². The SMILES string of the molecule is CCCC1=C(C(=O)OCC)[C@H](c2cccc(OC)c2)n2c(s/c(=C\c3ccc(-c4ccc(F)c([N+](=O)[O-])c4)o3)c2=O)=N1. The summed E-state index contributed by atoms with van der Waals surface area (Å²) < 4.78 is 32.3. The predicted octanol–water partition coefficient (Wildman–Crippen LogP) is 4.89. The molecular formula is C30H26FN3O7S. The first-order chi connectivity index (χ1) is 20.2. The molecule has 42 heavy (non-hydrogen) atoms. The van der Waals surface area contributed by atoms with Crippen LogP contribution in [-0.2, 0) is 9.53 Å². The Morgan fingerprint density at radius 1 is 1.21 bits per heavy atom. The maximum absolute atomic E-state index is 13.9. The molecule has 10 nitrogen and oxygen atoms in total. The lowest BCUT2D eigenvalue weighted by Gasteiger charge is -2.26. The first-order valence-electron chi connectivity index (χ1n) is 13.2. The zero-order valence-corrected chi connectivity index (χ0v) is 23.8. The van der Waals surface area contributed by atoms with Crippen LogP contribution in [0.3, 0.4) is 0 Å². The molecule has 1 aliphatic heterocycles. The molecule has 0 aliphatic carbocycles. The van der Waals surface area contributed by atoms with Gasteiger partial charge in [0, 0.05) is 17.7 Å². The molecule has 3 heterocycles. The van der Waals surface area contributed by atoms with Crippen LogP contribution in [0.2, 0.25) is 0 Å². The fraction of sp³-hybridized carbons (Fsp3) is 0.233. The summed E-state index contributed by atoms with van der Waals surface area (Å²) in [5.41, 5.74) is 0.757. The van der Waals surface area contributed by atoms with E-state index in [9.17, 15) is 24.1 Å². The van der Waals surface area contributed by atoms with Crippen molar-refractivity contribution in [1.29, 1.82) is 0 Å². The van der Waals surface area contributed by atoms with Crippen LogP contribution >= 0.6 is 11.3 Å². The minimum absolute atomic E-state index is 0.162. The molecule has 0 saturated carbocycles. The van der Waals surface area contributed by atoms with Crippen molar-refractivity contribution in [2.24, 2.45) is 4.99 Å². The number of fused-ring (bicyclic) bond motifs is 1. The third kappa shape index (κ3) is 5.40. The van der Waals surface area contributed by atoms with Gasteiger partial charge in [0.15, 0.2) is 4.80 Å². The number of esters is 1. The second-order valence-corrected chi connectivity index (χ2v) is 10.3. The number of allylic oxidation sites excluding steroid dienone is 1. The van der Waals surface area contributed by atoms with Gasteiger partial charge < -0.3 is 13.9 Å². The number of ether oxygens (including phenoxy) is 2. The molecule has 216 valence electrons. The summed E-state index contributed by atoms with van der Waals surface area (Å²) in [5.74, 6) is -0.362. The number of nitro benzene ring substituents is 1. The lowest BCUT2D eigenvalue weighted by molar-refractivity contribution is -0.387. The highest BCUT2D eigenvalue weighted by atomic mass is 32.1. The number of nitrogens with zero attached hydrogens (tertiary/aromatic N) is 3. The summed E-state index contributed by atoms with van der Waals surface area (Å²) in [7, 11) is 1.54. The molecule has 1 aliphatic rings. The lowest BCUT2D eigenvalue weighted by atomic mass is 9.94. The third-order valence-corrected chi connectivity index (χ3v) is 7.61. The van der Waals surface area contributed by atoms with Crippen molar-refractivity contribution in [2.75, 3.05) is 13.7 Å². The zero-order valence-electron chi connectivity index (χ0n) is 23.0. The van der Waals surface area contributed by atoms with Gasteiger partial charge in [-0.2, -0.15) is 4.39 Å². The van der Waals surface area contributed by atoms with Crippen molar-refractivity contribution in [3.8, 4) is 17.1 Å². The van der Waals surface area contributed by atoms with Gasteiger partial charge >= 0.3 is 11.7 Å². The van der Waals surface area contributed by atoms with Crippen molar-refractivity contribution in [1.82, 2.24) is 4.57 Å². The molecule has 0 bridgehead atoms. The van der Waals surface area contributed by atoms with Gasteiger partial charge in [-0.15, -0.1) is 0 Å². The highest BCUT2D eigenvalue weighted by Gasteiger charge is 2.34. The number of furan rings is 1. The largest absolute Gasteiger partial charge is 0.497 e. The van der Waals surface area contributed by atoms with E-state index in [1.807, 2.05) is 13.0 Å². The average molecular weight is 592 g/mol. The van der Waals surface area contributed by atoms with Crippen molar-refractivity contribution in [3.05, 3.63) is 113 Å². The quantitative estimate of drug-likeness (QED) is 0.154. The van der Waals surface area contributed by atoms with Crippen LogP contribution in [0.15, 0.2) is 80.1 Å². The number of thiazole rings is 1. The Morgan fingerprint density at radius 2 is 2.02 bits per heavy atom. The molecular weight excluding hydrogens is 565 g/mol. The number of carbonyl (C=O) groups excluding carboxylic acids is 1. The molecule has 2 aromatic carbocycles. The minimum atomic E-state index is -0.952. The van der Waals surface area contributed by atoms with Gasteiger partial charge in [0.25, 0.3) is 5.56 Å². The van der Waals surface area contributed by atoms with Gasteiger partial charge in [-0.1, -0.05) is 36.8 Å². The number of halogens is 1. The van der Waals surface area contributed by atoms with E-state index in [2.05, 4.69) is 0 Å². The number of benzene rings is 2. The highest BCUT2D eigenvalue weighted by molar-refractivity contribution is 7.07. The van der Waals surface area contributed by atoms with Crippen LogP contribution in [0, 0.1) is 15.9 Å². The Kier molecular flexibility index (Phi) is 8.16. The van der Waals surface area contributed by atoms with Crippen molar-refractivity contribution in [2.45, 2.75) is 32.7 Å². The predicted molar refractivity (Wildman–Crippen MR) is 153 cm³/mol. The van der Waals surface area contributed by atoms with Gasteiger partial charge in [0.2, 0.25) is 5.82 Å². The maximum Gasteiger partial charge on any atom is 0.338 e. The number of rotatable bonds is 9. The second-order valence-electron chi connectivity index (χ2n) is 9.32. The summed E-state index contributed by atoms with van der Waals surface area (Å²) in [6, 6.07) is 13.0. The third-order valence-electron chi connectivity index (χ3n) is 6.63. The van der Waals surface area contributed by atoms with Crippen LogP contribution in [-0.4, -0.2) is 29.2 Å². The van der Waals surface area contributed by atoms with Gasteiger partial charge in [-0.05, 0) is 55.3 Å². The van der Waals surface area contributed by atoms with Gasteiger partial charge in [0.05, 0.1) is 40.5 Å². The van der Waals surface area contributed by atoms with Crippen LogP contribution in [0.1, 0.15) is 44.1 Å².